The summed E-state index contributed by atoms with van der Waals surface area (Å²) in [5, 5.41) is 9.22. The number of carboxylic acids is 1. The van der Waals surface area contributed by atoms with Crippen LogP contribution in [-0.4, -0.2) is 35.9 Å². The number of cyclic esters (lactones) is 1. The standard InChI is InChI=1S/C15H20O5/c1-8(2)10-3-4-15(7-20-15)12-11(10)5-9(13(16)17)6-19-14(12)18/h5,8,10-12H,3-4,6-7H2,1-2H3,(H,16,17)/t10?,11-,12-,15-/m1/s1. The Balaban J connectivity index is 2.01. The molecule has 0 amide bonds. The van der Waals surface area contributed by atoms with Gasteiger partial charge in [-0.3, -0.25) is 4.79 Å². The van der Waals surface area contributed by atoms with E-state index in [9.17, 15) is 14.7 Å². The molecule has 5 heteroatoms. The minimum absolute atomic E-state index is 0.0904. The molecule has 110 valence electrons. The summed E-state index contributed by atoms with van der Waals surface area (Å²) in [6.07, 6.45) is 3.59. The molecule has 1 spiro atoms. The molecule has 0 radical (unpaired) electrons. The number of carboxylic acid groups (broad SMARTS) is 1. The summed E-state index contributed by atoms with van der Waals surface area (Å²) in [5.74, 6) is -1.04. The fraction of sp³-hybridized carbons (Fsp3) is 0.733. The molecule has 1 unspecified atom stereocenters. The number of esters is 1. The van der Waals surface area contributed by atoms with Gasteiger partial charge < -0.3 is 14.6 Å². The van der Waals surface area contributed by atoms with Crippen molar-refractivity contribution >= 4 is 11.9 Å². The number of carbonyl (C=O) groups excluding carboxylic acids is 1. The highest BCUT2D eigenvalue weighted by atomic mass is 16.6. The molecule has 1 N–H and O–H groups in total. The third-order valence-electron chi connectivity index (χ3n) is 5.01. The van der Waals surface area contributed by atoms with Crippen LogP contribution in [0.5, 0.6) is 0 Å². The van der Waals surface area contributed by atoms with Crippen molar-refractivity contribution in [3.8, 4) is 0 Å². The van der Waals surface area contributed by atoms with E-state index in [1.165, 1.54) is 0 Å². The molecule has 0 bridgehead atoms. The first-order chi connectivity index (χ1) is 9.44. The SMILES string of the molecule is CC(C)C1CC[C@@]2(CO2)[C@H]2C(=O)OCC(C(=O)O)=C[C@H]12. The molecule has 2 heterocycles. The van der Waals surface area contributed by atoms with E-state index in [4.69, 9.17) is 9.47 Å². The van der Waals surface area contributed by atoms with Crippen molar-refractivity contribution in [1.82, 2.24) is 0 Å². The van der Waals surface area contributed by atoms with Crippen LogP contribution in [0.1, 0.15) is 26.7 Å². The monoisotopic (exact) mass is 280 g/mol. The van der Waals surface area contributed by atoms with E-state index in [1.54, 1.807) is 6.08 Å². The van der Waals surface area contributed by atoms with Crippen molar-refractivity contribution in [3.63, 3.8) is 0 Å². The lowest BCUT2D eigenvalue weighted by Crippen LogP contribution is -2.45. The molecular formula is C15H20O5. The zero-order chi connectivity index (χ0) is 14.5. The molecule has 2 fully saturated rings. The molecule has 3 aliphatic rings. The molecule has 20 heavy (non-hydrogen) atoms. The van der Waals surface area contributed by atoms with Gasteiger partial charge in [-0.1, -0.05) is 19.9 Å². The van der Waals surface area contributed by atoms with E-state index >= 15 is 0 Å². The number of epoxide rings is 1. The highest BCUT2D eigenvalue weighted by Gasteiger charge is 2.62. The van der Waals surface area contributed by atoms with Gasteiger partial charge in [-0.25, -0.2) is 4.79 Å². The topological polar surface area (TPSA) is 76.1 Å². The van der Waals surface area contributed by atoms with Gasteiger partial charge in [0.1, 0.15) is 12.2 Å². The van der Waals surface area contributed by atoms with Crippen molar-refractivity contribution in [1.29, 1.82) is 0 Å². The normalized spacial score (nSPS) is 39.9. The van der Waals surface area contributed by atoms with Crippen LogP contribution < -0.4 is 0 Å². The smallest absolute Gasteiger partial charge is 0.334 e. The third kappa shape index (κ3) is 2.04. The summed E-state index contributed by atoms with van der Waals surface area (Å²) < 4.78 is 10.8. The van der Waals surface area contributed by atoms with Gasteiger partial charge in [-0.2, -0.15) is 0 Å². The number of hydrogen-bond acceptors (Lipinski definition) is 4. The van der Waals surface area contributed by atoms with Crippen molar-refractivity contribution in [2.24, 2.45) is 23.7 Å². The Labute approximate surface area is 117 Å². The van der Waals surface area contributed by atoms with E-state index in [1.807, 2.05) is 0 Å². The van der Waals surface area contributed by atoms with Crippen molar-refractivity contribution < 1.29 is 24.2 Å². The minimum Gasteiger partial charge on any atom is -0.478 e. The number of ether oxygens (including phenoxy) is 2. The first-order valence-electron chi connectivity index (χ1n) is 7.19. The van der Waals surface area contributed by atoms with Crippen LogP contribution >= 0.6 is 0 Å². The first-order valence-corrected chi connectivity index (χ1v) is 7.19. The number of allylic oxidation sites excluding steroid dienone is 1. The maximum absolute atomic E-state index is 12.3. The van der Waals surface area contributed by atoms with Crippen LogP contribution in [0.25, 0.3) is 0 Å². The van der Waals surface area contributed by atoms with Gasteiger partial charge in [0.15, 0.2) is 0 Å². The number of hydrogen-bond donors (Lipinski definition) is 1. The molecule has 1 saturated heterocycles. The average Bonchev–Trinajstić information content (AvgIpc) is 3.14. The average molecular weight is 280 g/mol. The Bertz CT molecular complexity index is 475. The van der Waals surface area contributed by atoms with Crippen molar-refractivity contribution in [3.05, 3.63) is 11.6 Å². The highest BCUT2D eigenvalue weighted by molar-refractivity contribution is 5.88. The lowest BCUT2D eigenvalue weighted by Gasteiger charge is -2.40. The second-order valence-electron chi connectivity index (χ2n) is 6.46. The number of aliphatic carboxylic acids is 1. The van der Waals surface area contributed by atoms with Crippen molar-refractivity contribution in [2.45, 2.75) is 32.3 Å². The summed E-state index contributed by atoms with van der Waals surface area (Å²) in [5.41, 5.74) is -0.202. The maximum Gasteiger partial charge on any atom is 0.334 e. The predicted octanol–water partition coefficient (Wildman–Crippen LogP) is 1.62. The maximum atomic E-state index is 12.3. The molecule has 5 nitrogen and oxygen atoms in total. The van der Waals surface area contributed by atoms with Crippen LogP contribution in [0.3, 0.4) is 0 Å². The lowest BCUT2D eigenvalue weighted by atomic mass is 9.63. The van der Waals surface area contributed by atoms with Gasteiger partial charge in [0.05, 0.1) is 18.1 Å². The zero-order valence-electron chi connectivity index (χ0n) is 11.8. The van der Waals surface area contributed by atoms with Gasteiger partial charge >= 0.3 is 11.9 Å². The summed E-state index contributed by atoms with van der Waals surface area (Å²) in [6, 6.07) is 0. The molecule has 2 aliphatic heterocycles. The van der Waals surface area contributed by atoms with E-state index in [2.05, 4.69) is 13.8 Å². The molecule has 4 atom stereocenters. The van der Waals surface area contributed by atoms with Crippen LogP contribution in [0.2, 0.25) is 0 Å². The van der Waals surface area contributed by atoms with E-state index in [-0.39, 0.29) is 30.0 Å². The predicted molar refractivity (Wildman–Crippen MR) is 69.9 cm³/mol. The largest absolute Gasteiger partial charge is 0.478 e. The minimum atomic E-state index is -1.00. The van der Waals surface area contributed by atoms with Gasteiger partial charge in [-0.05, 0) is 30.6 Å². The fourth-order valence-corrected chi connectivity index (χ4v) is 3.80. The molecule has 1 aliphatic carbocycles. The Morgan fingerprint density at radius 2 is 2.20 bits per heavy atom. The summed E-state index contributed by atoms with van der Waals surface area (Å²) in [7, 11) is 0. The van der Waals surface area contributed by atoms with E-state index in [0.29, 0.717) is 18.4 Å². The van der Waals surface area contributed by atoms with Gasteiger partial charge in [0.25, 0.3) is 0 Å². The van der Waals surface area contributed by atoms with Crippen LogP contribution in [0.4, 0.5) is 0 Å². The molecule has 0 aromatic heterocycles. The van der Waals surface area contributed by atoms with E-state index in [0.717, 1.165) is 12.8 Å². The Hall–Kier alpha value is -1.36. The Morgan fingerprint density at radius 1 is 1.50 bits per heavy atom. The molecule has 1 saturated carbocycles. The third-order valence-corrected chi connectivity index (χ3v) is 5.01. The summed E-state index contributed by atoms with van der Waals surface area (Å²) in [4.78, 5) is 23.6. The lowest BCUT2D eigenvalue weighted by molar-refractivity contribution is -0.154. The fourth-order valence-electron chi connectivity index (χ4n) is 3.80. The second kappa shape index (κ2) is 4.58. The molecular weight excluding hydrogens is 260 g/mol. The van der Waals surface area contributed by atoms with Crippen LogP contribution in [-0.2, 0) is 19.1 Å². The van der Waals surface area contributed by atoms with Crippen molar-refractivity contribution in [2.75, 3.05) is 13.2 Å². The van der Waals surface area contributed by atoms with E-state index < -0.39 is 11.6 Å². The molecule has 3 rings (SSSR count). The molecule has 0 aromatic carbocycles. The van der Waals surface area contributed by atoms with Crippen LogP contribution in [0.15, 0.2) is 11.6 Å². The van der Waals surface area contributed by atoms with Gasteiger partial charge in [-0.15, -0.1) is 0 Å². The van der Waals surface area contributed by atoms with Gasteiger partial charge in [0.2, 0.25) is 0 Å². The number of carbonyl (C=O) groups is 2. The summed E-state index contributed by atoms with van der Waals surface area (Å²) >= 11 is 0. The van der Waals surface area contributed by atoms with Crippen LogP contribution in [0, 0.1) is 23.7 Å². The first kappa shape index (κ1) is 13.6. The molecule has 0 aromatic rings. The highest BCUT2D eigenvalue weighted by Crippen LogP contribution is 2.54. The second-order valence-corrected chi connectivity index (χ2v) is 6.46. The number of fused-ring (bicyclic) bond motifs is 2. The number of rotatable bonds is 2. The Kier molecular flexibility index (Phi) is 3.12. The van der Waals surface area contributed by atoms with Gasteiger partial charge in [0, 0.05) is 0 Å². The Morgan fingerprint density at radius 3 is 2.75 bits per heavy atom. The quantitative estimate of drug-likeness (QED) is 0.614. The summed E-state index contributed by atoms with van der Waals surface area (Å²) in [6.45, 7) is 4.70. The zero-order valence-corrected chi connectivity index (χ0v) is 11.8.